The van der Waals surface area contributed by atoms with Crippen LogP contribution in [-0.2, 0) is 12.8 Å². The molecule has 1 aromatic heterocycles. The number of hydrogen-bond acceptors (Lipinski definition) is 1. The molecule has 0 unspecified atom stereocenters. The predicted molar refractivity (Wildman–Crippen MR) is 51.3 cm³/mol. The van der Waals surface area contributed by atoms with Crippen molar-refractivity contribution < 1.29 is 0 Å². The number of rotatable bonds is 3. The Kier molecular flexibility index (Phi) is 3.13. The smallest absolute Gasteiger partial charge is 0.0480 e. The Hall–Kier alpha value is -0.300. The third-order valence-electron chi connectivity index (χ3n) is 1.94. The van der Waals surface area contributed by atoms with E-state index >= 15 is 0 Å². The second-order valence-corrected chi connectivity index (χ2v) is 3.74. The van der Waals surface area contributed by atoms with E-state index in [1.54, 1.807) is 16.9 Å². The van der Waals surface area contributed by atoms with E-state index in [9.17, 15) is 0 Å². The van der Waals surface area contributed by atoms with Gasteiger partial charge in [0.15, 0.2) is 0 Å². The topological polar surface area (TPSA) is 0 Å². The molecule has 0 aromatic carbocycles. The number of aryl methyl sites for hydroxylation is 2. The third-order valence-corrected chi connectivity index (χ3v) is 3.13. The second-order valence-electron chi connectivity index (χ2n) is 2.83. The highest BCUT2D eigenvalue weighted by Crippen LogP contribution is 2.22. The van der Waals surface area contributed by atoms with Crippen molar-refractivity contribution in [2.24, 2.45) is 0 Å². The van der Waals surface area contributed by atoms with Gasteiger partial charge < -0.3 is 0 Å². The largest absolute Gasteiger partial charge is 0.139 e. The average molecular weight is 167 g/mol. The molecule has 0 atom stereocenters. The molecule has 0 saturated carbocycles. The molecule has 1 heterocycles. The van der Waals surface area contributed by atoms with Gasteiger partial charge in [-0.2, -0.15) is 0 Å². The van der Waals surface area contributed by atoms with Gasteiger partial charge in [0.05, 0.1) is 0 Å². The Morgan fingerprint density at radius 3 is 2.64 bits per heavy atom. The molecule has 1 radical (unpaired) electrons. The normalized spacial score (nSPS) is 10.5. The summed E-state index contributed by atoms with van der Waals surface area (Å²) in [6, 6.07) is 0. The van der Waals surface area contributed by atoms with Crippen LogP contribution in [-0.4, -0.2) is 0 Å². The fourth-order valence-corrected chi connectivity index (χ4v) is 2.26. The van der Waals surface area contributed by atoms with Gasteiger partial charge in [0.25, 0.3) is 0 Å². The lowest BCUT2D eigenvalue weighted by molar-refractivity contribution is 0.902. The van der Waals surface area contributed by atoms with Crippen LogP contribution in [0, 0.1) is 12.3 Å². The fourth-order valence-electron chi connectivity index (χ4n) is 1.33. The lowest BCUT2D eigenvalue weighted by atomic mass is 10.1. The van der Waals surface area contributed by atoms with E-state index in [-0.39, 0.29) is 0 Å². The third kappa shape index (κ3) is 1.84. The van der Waals surface area contributed by atoms with Gasteiger partial charge in [0.2, 0.25) is 0 Å². The van der Waals surface area contributed by atoms with Crippen LogP contribution in [0.3, 0.4) is 0 Å². The summed E-state index contributed by atoms with van der Waals surface area (Å²) < 4.78 is 0. The van der Waals surface area contributed by atoms with Crippen molar-refractivity contribution in [1.29, 1.82) is 0 Å². The number of hydrogen-bond donors (Lipinski definition) is 0. The molecule has 0 aliphatic rings. The van der Waals surface area contributed by atoms with Crippen LogP contribution in [0.4, 0.5) is 0 Å². The van der Waals surface area contributed by atoms with E-state index in [1.807, 2.05) is 0 Å². The molecule has 1 rings (SSSR count). The lowest BCUT2D eigenvalue weighted by Gasteiger charge is -1.99. The minimum atomic E-state index is 1.17. The summed E-state index contributed by atoms with van der Waals surface area (Å²) in [5, 5.41) is 3.31. The van der Waals surface area contributed by atoms with Crippen molar-refractivity contribution in [3.63, 3.8) is 0 Å². The van der Waals surface area contributed by atoms with E-state index in [4.69, 9.17) is 0 Å². The Labute approximate surface area is 73.3 Å². The maximum Gasteiger partial charge on any atom is 0.0480 e. The first-order chi connectivity index (χ1) is 5.29. The maximum absolute atomic E-state index is 3.31. The minimum absolute atomic E-state index is 1.17. The quantitative estimate of drug-likeness (QED) is 0.647. The molecule has 0 saturated heterocycles. The summed E-state index contributed by atoms with van der Waals surface area (Å²) in [6.45, 7) is 6.62. The van der Waals surface area contributed by atoms with Crippen LogP contribution in [0.25, 0.3) is 0 Å². The monoisotopic (exact) mass is 167 g/mol. The van der Waals surface area contributed by atoms with Crippen LogP contribution < -0.4 is 0 Å². The molecule has 11 heavy (non-hydrogen) atoms. The van der Waals surface area contributed by atoms with Crippen LogP contribution in [0.1, 0.15) is 36.3 Å². The van der Waals surface area contributed by atoms with Gasteiger partial charge in [-0.25, -0.2) is 0 Å². The molecule has 0 aliphatic carbocycles. The van der Waals surface area contributed by atoms with Crippen molar-refractivity contribution in [3.8, 4) is 0 Å². The molecule has 1 aromatic rings. The molecule has 0 bridgehead atoms. The molecular weight excluding hydrogens is 152 g/mol. The summed E-state index contributed by atoms with van der Waals surface area (Å²) in [4.78, 5) is 1.53. The van der Waals surface area contributed by atoms with E-state index in [2.05, 4.69) is 26.2 Å². The zero-order valence-corrected chi connectivity index (χ0v) is 8.35. The van der Waals surface area contributed by atoms with Crippen LogP contribution in [0.2, 0.25) is 0 Å². The van der Waals surface area contributed by atoms with Crippen molar-refractivity contribution in [1.82, 2.24) is 0 Å². The fraction of sp³-hybridized carbons (Fsp3) is 0.600. The zero-order valence-electron chi connectivity index (χ0n) is 7.53. The van der Waals surface area contributed by atoms with Crippen LogP contribution >= 0.6 is 11.3 Å². The summed E-state index contributed by atoms with van der Waals surface area (Å²) in [6.07, 6.45) is 3.65. The molecule has 0 fully saturated rings. The summed E-state index contributed by atoms with van der Waals surface area (Å²) in [5.74, 6) is 0. The van der Waals surface area contributed by atoms with Gasteiger partial charge in [-0.3, -0.25) is 0 Å². The van der Waals surface area contributed by atoms with Gasteiger partial charge in [-0.15, -0.1) is 11.3 Å². The predicted octanol–water partition coefficient (Wildman–Crippen LogP) is 3.37. The first-order valence-corrected chi connectivity index (χ1v) is 5.10. The molecule has 0 nitrogen and oxygen atoms in total. The average Bonchev–Trinajstić information content (AvgIpc) is 2.34. The van der Waals surface area contributed by atoms with Gasteiger partial charge in [0, 0.05) is 10.3 Å². The van der Waals surface area contributed by atoms with Gasteiger partial charge in [-0.05, 0) is 30.9 Å². The summed E-state index contributed by atoms with van der Waals surface area (Å²) >= 11 is 1.79. The van der Waals surface area contributed by atoms with Gasteiger partial charge in [0.1, 0.15) is 0 Å². The first kappa shape index (κ1) is 8.79. The Balaban J connectivity index is 2.88. The molecule has 0 N–H and O–H groups in total. The molecule has 0 spiro atoms. The zero-order chi connectivity index (χ0) is 8.27. The molecule has 0 aliphatic heterocycles. The van der Waals surface area contributed by atoms with E-state index < -0.39 is 0 Å². The van der Waals surface area contributed by atoms with Crippen molar-refractivity contribution in [3.05, 3.63) is 21.4 Å². The highest BCUT2D eigenvalue weighted by atomic mass is 32.1. The van der Waals surface area contributed by atoms with Crippen LogP contribution in [0.15, 0.2) is 0 Å². The maximum atomic E-state index is 3.31. The first-order valence-electron chi connectivity index (χ1n) is 4.28. The van der Waals surface area contributed by atoms with E-state index in [0.717, 1.165) is 0 Å². The van der Waals surface area contributed by atoms with Crippen molar-refractivity contribution in [2.75, 3.05) is 0 Å². The number of thiophene rings is 1. The van der Waals surface area contributed by atoms with Gasteiger partial charge in [-0.1, -0.05) is 20.3 Å². The second kappa shape index (κ2) is 3.91. The highest BCUT2D eigenvalue weighted by Gasteiger charge is 2.05. The molecular formula is C10H15S. The highest BCUT2D eigenvalue weighted by molar-refractivity contribution is 7.09. The van der Waals surface area contributed by atoms with Crippen molar-refractivity contribution in [2.45, 2.75) is 40.0 Å². The van der Waals surface area contributed by atoms with E-state index in [1.165, 1.54) is 29.7 Å². The molecule has 61 valence electrons. The SMILES string of the molecule is CCCc1c(C)[c]sc1CC. The molecule has 1 heteroatoms. The Morgan fingerprint density at radius 2 is 2.09 bits per heavy atom. The molecule has 0 amide bonds. The van der Waals surface area contributed by atoms with Crippen LogP contribution in [0.5, 0.6) is 0 Å². The minimum Gasteiger partial charge on any atom is -0.139 e. The van der Waals surface area contributed by atoms with E-state index in [0.29, 0.717) is 0 Å². The summed E-state index contributed by atoms with van der Waals surface area (Å²) in [5.41, 5.74) is 2.92. The van der Waals surface area contributed by atoms with Gasteiger partial charge >= 0.3 is 0 Å². The standard InChI is InChI=1S/C10H15S/c1-4-6-9-8(3)7-11-10(9)5-2/h4-6H2,1-3H3. The Bertz CT molecular complexity index is 223. The Morgan fingerprint density at radius 1 is 1.36 bits per heavy atom. The lowest BCUT2D eigenvalue weighted by Crippen LogP contribution is -1.88. The van der Waals surface area contributed by atoms with Crippen molar-refractivity contribution >= 4 is 11.3 Å². The summed E-state index contributed by atoms with van der Waals surface area (Å²) in [7, 11) is 0.